The van der Waals surface area contributed by atoms with Gasteiger partial charge in [0.1, 0.15) is 0 Å². The summed E-state index contributed by atoms with van der Waals surface area (Å²) < 4.78 is 0. The zero-order valence-corrected chi connectivity index (χ0v) is 25.0. The van der Waals surface area contributed by atoms with E-state index in [2.05, 4.69) is 183 Å². The molecule has 0 heterocycles. The van der Waals surface area contributed by atoms with Crippen molar-refractivity contribution in [1.82, 2.24) is 0 Å². The Kier molecular flexibility index (Phi) is 6.20. The van der Waals surface area contributed by atoms with Gasteiger partial charge in [0.2, 0.25) is 0 Å². The molecule has 1 nitrogen and oxygen atoms in total. The maximum absolute atomic E-state index is 2.37. The molecule has 0 aliphatic heterocycles. The van der Waals surface area contributed by atoms with Crippen LogP contribution in [0.25, 0.3) is 44.2 Å². The van der Waals surface area contributed by atoms with Crippen molar-refractivity contribution in [2.75, 3.05) is 4.90 Å². The zero-order chi connectivity index (χ0) is 29.7. The van der Waals surface area contributed by atoms with Gasteiger partial charge in [0, 0.05) is 22.5 Å². The quantitative estimate of drug-likeness (QED) is 0.201. The lowest BCUT2D eigenvalue weighted by atomic mass is 9.80. The van der Waals surface area contributed by atoms with Crippen LogP contribution in [0.1, 0.15) is 25.0 Å². The minimum Gasteiger partial charge on any atom is -0.310 e. The van der Waals surface area contributed by atoms with Gasteiger partial charge >= 0.3 is 0 Å². The minimum absolute atomic E-state index is 0.0484. The van der Waals surface area contributed by atoms with Crippen molar-refractivity contribution in [2.24, 2.45) is 0 Å². The first-order chi connectivity index (χ1) is 21.6. The number of hydrogen-bond acceptors (Lipinski definition) is 1. The van der Waals surface area contributed by atoms with E-state index in [0.717, 1.165) is 17.1 Å². The molecular formula is C43H33N. The summed E-state index contributed by atoms with van der Waals surface area (Å²) in [6.45, 7) is 4.72. The molecule has 44 heavy (non-hydrogen) atoms. The molecule has 0 N–H and O–H groups in total. The number of rotatable bonds is 5. The summed E-state index contributed by atoms with van der Waals surface area (Å²) in [5.74, 6) is 0. The Labute approximate surface area is 259 Å². The van der Waals surface area contributed by atoms with Crippen LogP contribution in [0.3, 0.4) is 0 Å². The van der Waals surface area contributed by atoms with E-state index < -0.39 is 0 Å². The fourth-order valence-corrected chi connectivity index (χ4v) is 7.07. The van der Waals surface area contributed by atoms with Gasteiger partial charge in [-0.25, -0.2) is 0 Å². The van der Waals surface area contributed by atoms with Gasteiger partial charge in [-0.15, -0.1) is 0 Å². The van der Waals surface area contributed by atoms with Gasteiger partial charge in [0.05, 0.1) is 0 Å². The maximum Gasteiger partial charge on any atom is 0.0468 e. The summed E-state index contributed by atoms with van der Waals surface area (Å²) in [6, 6.07) is 59.5. The molecule has 0 bridgehead atoms. The van der Waals surface area contributed by atoms with Gasteiger partial charge in [-0.2, -0.15) is 0 Å². The van der Waals surface area contributed by atoms with Crippen molar-refractivity contribution in [3.05, 3.63) is 175 Å². The second-order valence-electron chi connectivity index (χ2n) is 12.2. The fourth-order valence-electron chi connectivity index (χ4n) is 7.07. The van der Waals surface area contributed by atoms with Crippen LogP contribution in [-0.4, -0.2) is 0 Å². The number of hydrogen-bond donors (Lipinski definition) is 0. The number of fused-ring (bicyclic) bond motifs is 5. The summed E-state index contributed by atoms with van der Waals surface area (Å²) in [4.78, 5) is 2.37. The lowest BCUT2D eigenvalue weighted by molar-refractivity contribution is 0.666. The average Bonchev–Trinajstić information content (AvgIpc) is 3.33. The SMILES string of the molecule is CC1(C)c2ccccc2-c2ccc3cc(N(c4ccc(-c5ccccc5)cc4)c4ccc(-c5ccccc5)cc4)ccc3c21. The molecule has 0 unspecified atom stereocenters. The molecule has 0 fully saturated rings. The van der Waals surface area contributed by atoms with E-state index in [4.69, 9.17) is 0 Å². The maximum atomic E-state index is 2.37. The summed E-state index contributed by atoms with van der Waals surface area (Å²) >= 11 is 0. The molecule has 0 spiro atoms. The predicted molar refractivity (Wildman–Crippen MR) is 187 cm³/mol. The van der Waals surface area contributed by atoms with Crippen LogP contribution in [0.4, 0.5) is 17.1 Å². The standard InChI is InChI=1S/C43H33N/c1-43(2)41-16-10-9-15-39(41)40-27-21-34-29-37(26-28-38(34)42(40)43)44(35-22-17-32(18-23-35)30-11-5-3-6-12-30)36-24-19-33(20-25-36)31-13-7-4-8-14-31/h3-29H,1-2H3. The molecule has 1 aliphatic rings. The van der Waals surface area contributed by atoms with Crippen LogP contribution in [0.15, 0.2) is 164 Å². The molecular weight excluding hydrogens is 530 g/mol. The summed E-state index contributed by atoms with van der Waals surface area (Å²) in [6.07, 6.45) is 0. The Morgan fingerprint density at radius 3 is 1.50 bits per heavy atom. The average molecular weight is 564 g/mol. The van der Waals surface area contributed by atoms with Crippen molar-refractivity contribution < 1.29 is 0 Å². The second kappa shape index (κ2) is 10.4. The Morgan fingerprint density at radius 1 is 0.409 bits per heavy atom. The van der Waals surface area contributed by atoms with Crippen LogP contribution in [-0.2, 0) is 5.41 Å². The predicted octanol–water partition coefficient (Wildman–Crippen LogP) is 11.9. The molecule has 210 valence electrons. The van der Waals surface area contributed by atoms with Gasteiger partial charge < -0.3 is 4.90 Å². The molecule has 0 radical (unpaired) electrons. The van der Waals surface area contributed by atoms with Crippen molar-refractivity contribution in [1.29, 1.82) is 0 Å². The fraction of sp³-hybridized carbons (Fsp3) is 0.0698. The normalized spacial score (nSPS) is 13.0. The Balaban J connectivity index is 1.25. The molecule has 0 atom stereocenters. The van der Waals surface area contributed by atoms with E-state index in [0.29, 0.717) is 0 Å². The van der Waals surface area contributed by atoms with Crippen molar-refractivity contribution >= 4 is 27.8 Å². The van der Waals surface area contributed by atoms with Gasteiger partial charge in [0.25, 0.3) is 0 Å². The van der Waals surface area contributed by atoms with Crippen LogP contribution < -0.4 is 4.90 Å². The van der Waals surface area contributed by atoms with Crippen molar-refractivity contribution in [3.8, 4) is 33.4 Å². The summed E-state index contributed by atoms with van der Waals surface area (Å²) in [5, 5.41) is 2.58. The first kappa shape index (κ1) is 26.2. The van der Waals surface area contributed by atoms with Crippen LogP contribution in [0, 0.1) is 0 Å². The molecule has 0 amide bonds. The van der Waals surface area contributed by atoms with E-state index in [-0.39, 0.29) is 5.41 Å². The van der Waals surface area contributed by atoms with E-state index in [1.165, 1.54) is 55.3 Å². The molecule has 1 aliphatic carbocycles. The van der Waals surface area contributed by atoms with E-state index in [1.54, 1.807) is 0 Å². The number of nitrogens with zero attached hydrogens (tertiary/aromatic N) is 1. The molecule has 7 aromatic carbocycles. The van der Waals surface area contributed by atoms with Crippen molar-refractivity contribution in [2.45, 2.75) is 19.3 Å². The van der Waals surface area contributed by atoms with E-state index >= 15 is 0 Å². The van der Waals surface area contributed by atoms with Crippen LogP contribution >= 0.6 is 0 Å². The molecule has 0 saturated carbocycles. The Bertz CT molecular complexity index is 2020. The van der Waals surface area contributed by atoms with Gasteiger partial charge in [0.15, 0.2) is 0 Å². The van der Waals surface area contributed by atoms with E-state index in [9.17, 15) is 0 Å². The number of anilines is 3. The highest BCUT2D eigenvalue weighted by molar-refractivity contribution is 5.99. The Hall–Kier alpha value is -5.40. The Morgan fingerprint density at radius 2 is 0.909 bits per heavy atom. The van der Waals surface area contributed by atoms with Gasteiger partial charge in [-0.3, -0.25) is 0 Å². The summed E-state index contributed by atoms with van der Waals surface area (Å²) in [7, 11) is 0. The molecule has 0 saturated heterocycles. The highest BCUT2D eigenvalue weighted by Crippen LogP contribution is 2.51. The third-order valence-corrected chi connectivity index (χ3v) is 9.24. The van der Waals surface area contributed by atoms with Gasteiger partial charge in [-0.1, -0.05) is 141 Å². The largest absolute Gasteiger partial charge is 0.310 e. The molecule has 8 rings (SSSR count). The lowest BCUT2D eigenvalue weighted by Crippen LogP contribution is -2.15. The smallest absolute Gasteiger partial charge is 0.0468 e. The zero-order valence-electron chi connectivity index (χ0n) is 25.0. The molecule has 7 aromatic rings. The second-order valence-corrected chi connectivity index (χ2v) is 12.2. The number of benzene rings is 7. The third-order valence-electron chi connectivity index (χ3n) is 9.24. The third kappa shape index (κ3) is 4.32. The van der Waals surface area contributed by atoms with Crippen molar-refractivity contribution in [3.63, 3.8) is 0 Å². The first-order valence-electron chi connectivity index (χ1n) is 15.4. The minimum atomic E-state index is -0.0484. The summed E-state index contributed by atoms with van der Waals surface area (Å²) in [5.41, 5.74) is 13.8. The van der Waals surface area contributed by atoms with Gasteiger partial charge in [-0.05, 0) is 91.7 Å². The lowest BCUT2D eigenvalue weighted by Gasteiger charge is -2.27. The monoisotopic (exact) mass is 563 g/mol. The first-order valence-corrected chi connectivity index (χ1v) is 15.4. The van der Waals surface area contributed by atoms with E-state index in [1.807, 2.05) is 0 Å². The highest BCUT2D eigenvalue weighted by Gasteiger charge is 2.36. The van der Waals surface area contributed by atoms with Crippen LogP contribution in [0.2, 0.25) is 0 Å². The topological polar surface area (TPSA) is 3.24 Å². The highest BCUT2D eigenvalue weighted by atomic mass is 15.1. The molecule has 0 aromatic heterocycles. The molecule has 1 heteroatoms. The van der Waals surface area contributed by atoms with Crippen LogP contribution in [0.5, 0.6) is 0 Å².